The molecule has 0 radical (unpaired) electrons. The number of hydrogen-bond acceptors (Lipinski definition) is 8. The molecular formula is C16H20O9. The summed E-state index contributed by atoms with van der Waals surface area (Å²) in [5, 5.41) is 26.9. The first-order chi connectivity index (χ1) is 11.9. The van der Waals surface area contributed by atoms with Crippen LogP contribution in [0.2, 0.25) is 0 Å². The predicted molar refractivity (Wildman–Crippen MR) is 83.1 cm³/mol. The summed E-state index contributed by atoms with van der Waals surface area (Å²) in [7, 11) is 0. The summed E-state index contributed by atoms with van der Waals surface area (Å²) in [5.41, 5.74) is 0.196. The second-order valence-electron chi connectivity index (χ2n) is 4.94. The lowest BCUT2D eigenvalue weighted by molar-refractivity contribution is -0.166. The Hall–Kier alpha value is -2.49. The van der Waals surface area contributed by atoms with E-state index in [-0.39, 0.29) is 37.6 Å². The summed E-state index contributed by atoms with van der Waals surface area (Å²) in [5.74, 6) is -2.65. The molecule has 0 aromatic heterocycles. The second-order valence-corrected chi connectivity index (χ2v) is 4.94. The van der Waals surface area contributed by atoms with Crippen molar-refractivity contribution in [2.75, 3.05) is 26.4 Å². The zero-order valence-corrected chi connectivity index (χ0v) is 13.6. The Morgan fingerprint density at radius 3 is 2.08 bits per heavy atom. The van der Waals surface area contributed by atoms with E-state index in [1.165, 1.54) is 31.2 Å². The fourth-order valence-corrected chi connectivity index (χ4v) is 1.77. The van der Waals surface area contributed by atoms with E-state index >= 15 is 0 Å². The van der Waals surface area contributed by atoms with Gasteiger partial charge in [-0.2, -0.15) is 0 Å². The normalized spacial score (nSPS) is 12.9. The van der Waals surface area contributed by atoms with Crippen molar-refractivity contribution in [3.8, 4) is 0 Å². The van der Waals surface area contributed by atoms with Gasteiger partial charge in [0.2, 0.25) is 0 Å². The Kier molecular flexibility index (Phi) is 8.54. The molecule has 3 N–H and O–H groups in total. The van der Waals surface area contributed by atoms with E-state index in [9.17, 15) is 19.5 Å². The summed E-state index contributed by atoms with van der Waals surface area (Å²) >= 11 is 0. The average Bonchev–Trinajstić information content (AvgIpc) is 2.58. The van der Waals surface area contributed by atoms with E-state index in [0.717, 1.165) is 0 Å². The van der Waals surface area contributed by atoms with Gasteiger partial charge in [0.05, 0.1) is 30.4 Å². The minimum Gasteiger partial charge on any atom is -0.478 e. The summed E-state index contributed by atoms with van der Waals surface area (Å²) in [6.45, 7) is 0.423. The van der Waals surface area contributed by atoms with Crippen molar-refractivity contribution >= 4 is 17.9 Å². The minimum atomic E-state index is -1.24. The van der Waals surface area contributed by atoms with E-state index in [1.807, 2.05) is 0 Å². The van der Waals surface area contributed by atoms with Gasteiger partial charge in [-0.3, -0.25) is 0 Å². The van der Waals surface area contributed by atoms with Crippen molar-refractivity contribution in [2.45, 2.75) is 19.1 Å². The van der Waals surface area contributed by atoms with Crippen molar-refractivity contribution in [1.29, 1.82) is 0 Å². The molecule has 0 fully saturated rings. The molecule has 9 heteroatoms. The van der Waals surface area contributed by atoms with Gasteiger partial charge in [0.1, 0.15) is 13.2 Å². The third-order valence-electron chi connectivity index (χ3n) is 2.99. The van der Waals surface area contributed by atoms with Crippen LogP contribution in [-0.4, -0.2) is 71.9 Å². The zero-order valence-electron chi connectivity index (χ0n) is 13.6. The molecule has 1 aromatic carbocycles. The average molecular weight is 356 g/mol. The SMILES string of the molecule is CC(O)C(OCCO)C(=O)OCCOC(=O)c1ccc(C(=O)O)cc1. The fraction of sp³-hybridized carbons (Fsp3) is 0.438. The van der Waals surface area contributed by atoms with Gasteiger partial charge in [-0.1, -0.05) is 0 Å². The highest BCUT2D eigenvalue weighted by Gasteiger charge is 2.26. The van der Waals surface area contributed by atoms with Crippen molar-refractivity contribution in [2.24, 2.45) is 0 Å². The number of ether oxygens (including phenoxy) is 3. The standard InChI is InChI=1S/C16H20O9/c1-10(18)13(23-7-6-17)16(22)25-9-8-24-15(21)12-4-2-11(3-5-12)14(19)20/h2-5,10,13,17-18H,6-9H2,1H3,(H,19,20). The molecular weight excluding hydrogens is 336 g/mol. The number of aromatic carboxylic acids is 1. The molecule has 0 saturated heterocycles. The maximum atomic E-state index is 11.8. The Morgan fingerprint density at radius 2 is 1.56 bits per heavy atom. The van der Waals surface area contributed by atoms with Crippen LogP contribution in [0.15, 0.2) is 24.3 Å². The minimum absolute atomic E-state index is 0.0394. The molecule has 0 aliphatic carbocycles. The van der Waals surface area contributed by atoms with Gasteiger partial charge < -0.3 is 29.5 Å². The maximum Gasteiger partial charge on any atom is 0.338 e. The van der Waals surface area contributed by atoms with Gasteiger partial charge in [-0.05, 0) is 31.2 Å². The first-order valence-electron chi connectivity index (χ1n) is 7.44. The number of carbonyl (C=O) groups is 3. The van der Waals surface area contributed by atoms with Crippen molar-refractivity contribution in [3.63, 3.8) is 0 Å². The molecule has 0 heterocycles. The van der Waals surface area contributed by atoms with E-state index in [1.54, 1.807) is 0 Å². The Bertz CT molecular complexity index is 580. The summed E-state index contributed by atoms with van der Waals surface area (Å²) < 4.78 is 14.7. The lowest BCUT2D eigenvalue weighted by atomic mass is 10.1. The molecule has 1 aromatic rings. The molecule has 2 unspecified atom stereocenters. The number of esters is 2. The molecule has 9 nitrogen and oxygen atoms in total. The predicted octanol–water partition coefficient (Wildman–Crippen LogP) is -0.157. The van der Waals surface area contributed by atoms with Crippen LogP contribution in [0.25, 0.3) is 0 Å². The topological polar surface area (TPSA) is 140 Å². The van der Waals surface area contributed by atoms with Crippen LogP contribution in [-0.2, 0) is 19.0 Å². The summed E-state index contributed by atoms with van der Waals surface area (Å²) in [6, 6.07) is 5.16. The third kappa shape index (κ3) is 6.87. The highest BCUT2D eigenvalue weighted by Crippen LogP contribution is 2.06. The summed E-state index contributed by atoms with van der Waals surface area (Å²) in [4.78, 5) is 34.2. The van der Waals surface area contributed by atoms with Crippen molar-refractivity contribution < 1.29 is 43.9 Å². The number of aliphatic hydroxyl groups is 2. The number of hydrogen-bond donors (Lipinski definition) is 3. The van der Waals surface area contributed by atoms with Gasteiger partial charge >= 0.3 is 17.9 Å². The number of aliphatic hydroxyl groups excluding tert-OH is 2. The van der Waals surface area contributed by atoms with Gasteiger partial charge in [0, 0.05) is 0 Å². The largest absolute Gasteiger partial charge is 0.478 e. The molecule has 0 bridgehead atoms. The number of benzene rings is 1. The lowest BCUT2D eigenvalue weighted by Gasteiger charge is -2.18. The van der Waals surface area contributed by atoms with Gasteiger partial charge in [0.15, 0.2) is 6.10 Å². The first kappa shape index (κ1) is 20.6. The molecule has 0 amide bonds. The molecule has 0 aliphatic heterocycles. The van der Waals surface area contributed by atoms with Crippen LogP contribution < -0.4 is 0 Å². The van der Waals surface area contributed by atoms with Crippen LogP contribution in [0, 0.1) is 0 Å². The van der Waals surface area contributed by atoms with Gasteiger partial charge in [-0.15, -0.1) is 0 Å². The molecule has 25 heavy (non-hydrogen) atoms. The first-order valence-corrected chi connectivity index (χ1v) is 7.44. The number of carboxylic acid groups (broad SMARTS) is 1. The van der Waals surface area contributed by atoms with E-state index in [2.05, 4.69) is 0 Å². The van der Waals surface area contributed by atoms with Gasteiger partial charge in [-0.25, -0.2) is 14.4 Å². The monoisotopic (exact) mass is 356 g/mol. The third-order valence-corrected chi connectivity index (χ3v) is 2.99. The number of carbonyl (C=O) groups excluding carboxylic acids is 2. The van der Waals surface area contributed by atoms with Crippen molar-refractivity contribution in [1.82, 2.24) is 0 Å². The highest BCUT2D eigenvalue weighted by molar-refractivity contribution is 5.92. The summed E-state index contributed by atoms with van der Waals surface area (Å²) in [6.07, 6.45) is -2.37. The maximum absolute atomic E-state index is 11.8. The Morgan fingerprint density at radius 1 is 1.00 bits per heavy atom. The van der Waals surface area contributed by atoms with E-state index in [4.69, 9.17) is 24.4 Å². The van der Waals surface area contributed by atoms with Crippen LogP contribution in [0.3, 0.4) is 0 Å². The molecule has 2 atom stereocenters. The molecule has 0 aliphatic rings. The number of rotatable bonds is 10. The molecule has 1 rings (SSSR count). The highest BCUT2D eigenvalue weighted by atomic mass is 16.6. The smallest absolute Gasteiger partial charge is 0.338 e. The van der Waals surface area contributed by atoms with Crippen LogP contribution in [0.1, 0.15) is 27.6 Å². The fourth-order valence-electron chi connectivity index (χ4n) is 1.77. The lowest BCUT2D eigenvalue weighted by Crippen LogP contribution is -2.37. The Balaban J connectivity index is 2.39. The van der Waals surface area contributed by atoms with Crippen LogP contribution in [0.5, 0.6) is 0 Å². The van der Waals surface area contributed by atoms with Crippen LogP contribution in [0.4, 0.5) is 0 Å². The molecule has 0 saturated carbocycles. The molecule has 138 valence electrons. The van der Waals surface area contributed by atoms with Crippen molar-refractivity contribution in [3.05, 3.63) is 35.4 Å². The van der Waals surface area contributed by atoms with E-state index < -0.39 is 30.1 Å². The van der Waals surface area contributed by atoms with Crippen LogP contribution >= 0.6 is 0 Å². The quantitative estimate of drug-likeness (QED) is 0.385. The molecule has 0 spiro atoms. The number of carboxylic acids is 1. The van der Waals surface area contributed by atoms with Gasteiger partial charge in [0.25, 0.3) is 0 Å². The van der Waals surface area contributed by atoms with E-state index in [0.29, 0.717) is 0 Å². The second kappa shape index (κ2) is 10.4. The Labute approximate surface area is 143 Å². The zero-order chi connectivity index (χ0) is 18.8.